The molecule has 1 saturated carbocycles. The van der Waals surface area contributed by atoms with Crippen molar-refractivity contribution in [2.45, 2.75) is 57.6 Å². The number of hydrogen-bond acceptors (Lipinski definition) is 3. The van der Waals surface area contributed by atoms with Crippen LogP contribution >= 0.6 is 0 Å². The van der Waals surface area contributed by atoms with Gasteiger partial charge in [-0.25, -0.2) is 0 Å². The van der Waals surface area contributed by atoms with Gasteiger partial charge in [0, 0.05) is 18.4 Å². The molecule has 2 rings (SSSR count). The fourth-order valence-electron chi connectivity index (χ4n) is 4.02. The first-order valence-corrected chi connectivity index (χ1v) is 6.83. The zero-order valence-corrected chi connectivity index (χ0v) is 11.7. The molecule has 0 radical (unpaired) electrons. The average Bonchev–Trinajstić information content (AvgIpc) is 2.30. The number of rotatable bonds is 1. The molecule has 2 aliphatic rings. The van der Waals surface area contributed by atoms with E-state index in [2.05, 4.69) is 24.8 Å². The van der Waals surface area contributed by atoms with Gasteiger partial charge in [0.15, 0.2) is 5.60 Å². The van der Waals surface area contributed by atoms with Crippen LogP contribution in [0.3, 0.4) is 0 Å². The van der Waals surface area contributed by atoms with E-state index in [1.807, 2.05) is 0 Å². The number of piperidine rings is 1. The van der Waals surface area contributed by atoms with Crippen molar-refractivity contribution in [2.24, 2.45) is 5.41 Å². The average molecular weight is 249 g/mol. The predicted molar refractivity (Wildman–Crippen MR) is 70.9 cm³/mol. The molecule has 1 heterocycles. The molecule has 1 aliphatic heterocycles. The van der Waals surface area contributed by atoms with Gasteiger partial charge in [-0.15, -0.1) is 6.42 Å². The number of likely N-dealkylation sites (tertiary alicyclic amines) is 1. The molecule has 1 saturated heterocycles. The standard InChI is InChI=1S/C15H23NO2/c1-5-15(18-12(2)17)10-6-8-13-14(15,3)9-7-11-16(13)4/h1,13H,6-11H2,2-4H3/t13-,14+,15+/m1/s1. The van der Waals surface area contributed by atoms with Crippen molar-refractivity contribution in [2.75, 3.05) is 13.6 Å². The highest BCUT2D eigenvalue weighted by molar-refractivity contribution is 5.67. The molecule has 0 unspecified atom stereocenters. The lowest BCUT2D eigenvalue weighted by molar-refractivity contribution is -0.182. The largest absolute Gasteiger partial charge is 0.445 e. The first-order chi connectivity index (χ1) is 8.45. The van der Waals surface area contributed by atoms with E-state index in [-0.39, 0.29) is 11.4 Å². The first kappa shape index (κ1) is 13.4. The Labute approximate surface area is 110 Å². The van der Waals surface area contributed by atoms with Crippen LogP contribution in [0.1, 0.15) is 46.0 Å². The van der Waals surface area contributed by atoms with E-state index in [0.29, 0.717) is 6.04 Å². The van der Waals surface area contributed by atoms with Crippen molar-refractivity contribution in [3.63, 3.8) is 0 Å². The summed E-state index contributed by atoms with van der Waals surface area (Å²) in [5, 5.41) is 0. The Morgan fingerprint density at radius 1 is 1.44 bits per heavy atom. The summed E-state index contributed by atoms with van der Waals surface area (Å²) < 4.78 is 5.65. The summed E-state index contributed by atoms with van der Waals surface area (Å²) in [5.74, 6) is 2.58. The summed E-state index contributed by atoms with van der Waals surface area (Å²) in [6.07, 6.45) is 10.9. The Bertz CT molecular complexity index is 386. The normalized spacial score (nSPS) is 40.7. The number of carbonyl (C=O) groups is 1. The second-order valence-electron chi connectivity index (χ2n) is 5.97. The molecule has 3 atom stereocenters. The van der Waals surface area contributed by atoms with Crippen LogP contribution < -0.4 is 0 Å². The van der Waals surface area contributed by atoms with Crippen molar-refractivity contribution < 1.29 is 9.53 Å². The molecule has 0 aromatic rings. The van der Waals surface area contributed by atoms with E-state index < -0.39 is 5.60 Å². The number of terminal acetylenes is 1. The third-order valence-electron chi connectivity index (χ3n) is 4.95. The molecule has 0 N–H and O–H groups in total. The van der Waals surface area contributed by atoms with Crippen LogP contribution in [0.2, 0.25) is 0 Å². The zero-order valence-electron chi connectivity index (χ0n) is 11.7. The van der Waals surface area contributed by atoms with E-state index >= 15 is 0 Å². The Hall–Kier alpha value is -1.01. The maximum atomic E-state index is 11.4. The molecule has 0 aromatic heterocycles. The van der Waals surface area contributed by atoms with Crippen LogP contribution in [0.25, 0.3) is 0 Å². The molecule has 3 heteroatoms. The van der Waals surface area contributed by atoms with Crippen LogP contribution in [0, 0.1) is 17.8 Å². The highest BCUT2D eigenvalue weighted by atomic mass is 16.6. The van der Waals surface area contributed by atoms with E-state index in [1.165, 1.54) is 6.92 Å². The number of fused-ring (bicyclic) bond motifs is 1. The molecule has 18 heavy (non-hydrogen) atoms. The highest BCUT2D eigenvalue weighted by Gasteiger charge is 2.58. The molecule has 2 fully saturated rings. The lowest BCUT2D eigenvalue weighted by Gasteiger charge is -2.57. The minimum atomic E-state index is -0.712. The van der Waals surface area contributed by atoms with E-state index in [4.69, 9.17) is 11.2 Å². The lowest BCUT2D eigenvalue weighted by atomic mass is 9.57. The number of carbonyl (C=O) groups excluding carboxylic acids is 1. The van der Waals surface area contributed by atoms with Crippen molar-refractivity contribution in [3.8, 4) is 12.3 Å². The smallest absolute Gasteiger partial charge is 0.304 e. The van der Waals surface area contributed by atoms with Gasteiger partial charge in [0.2, 0.25) is 0 Å². The van der Waals surface area contributed by atoms with Crippen LogP contribution in [0.5, 0.6) is 0 Å². The number of esters is 1. The van der Waals surface area contributed by atoms with Gasteiger partial charge in [-0.2, -0.15) is 0 Å². The molecule has 100 valence electrons. The second kappa shape index (κ2) is 4.59. The van der Waals surface area contributed by atoms with Crippen LogP contribution in [-0.4, -0.2) is 36.1 Å². The topological polar surface area (TPSA) is 29.5 Å². The first-order valence-electron chi connectivity index (χ1n) is 6.83. The van der Waals surface area contributed by atoms with Crippen LogP contribution in [0.4, 0.5) is 0 Å². The SMILES string of the molecule is C#C[C@]1(OC(C)=O)CCC[C@H]2N(C)CCC[C@@]21C. The second-order valence-corrected chi connectivity index (χ2v) is 5.97. The predicted octanol–water partition coefficient (Wildman–Crippen LogP) is 2.21. The van der Waals surface area contributed by atoms with Gasteiger partial charge in [-0.3, -0.25) is 4.79 Å². The van der Waals surface area contributed by atoms with E-state index in [9.17, 15) is 4.79 Å². The van der Waals surface area contributed by atoms with Gasteiger partial charge in [-0.05, 0) is 45.7 Å². The lowest BCUT2D eigenvalue weighted by Crippen LogP contribution is -2.63. The molecule has 0 spiro atoms. The Kier molecular flexibility index (Phi) is 3.42. The third-order valence-corrected chi connectivity index (χ3v) is 4.95. The number of ether oxygens (including phenoxy) is 1. The maximum Gasteiger partial charge on any atom is 0.304 e. The summed E-state index contributed by atoms with van der Waals surface area (Å²) >= 11 is 0. The summed E-state index contributed by atoms with van der Waals surface area (Å²) in [6.45, 7) is 4.77. The van der Waals surface area contributed by atoms with E-state index in [1.54, 1.807) is 0 Å². The molecule has 0 amide bonds. The highest BCUT2D eigenvalue weighted by Crippen LogP contribution is 2.52. The quantitative estimate of drug-likeness (QED) is 0.527. The Morgan fingerprint density at radius 2 is 2.17 bits per heavy atom. The summed E-state index contributed by atoms with van der Waals surface area (Å²) in [5.41, 5.74) is -0.824. The molecule has 3 nitrogen and oxygen atoms in total. The van der Waals surface area contributed by atoms with Gasteiger partial charge < -0.3 is 9.64 Å². The summed E-state index contributed by atoms with van der Waals surface area (Å²) in [4.78, 5) is 13.8. The van der Waals surface area contributed by atoms with Gasteiger partial charge in [0.1, 0.15) is 0 Å². The van der Waals surface area contributed by atoms with Crippen LogP contribution in [0.15, 0.2) is 0 Å². The monoisotopic (exact) mass is 249 g/mol. The molecule has 0 aromatic carbocycles. The van der Waals surface area contributed by atoms with Crippen molar-refractivity contribution in [3.05, 3.63) is 0 Å². The van der Waals surface area contributed by atoms with Crippen molar-refractivity contribution in [1.29, 1.82) is 0 Å². The summed E-state index contributed by atoms with van der Waals surface area (Å²) in [6, 6.07) is 0.426. The third kappa shape index (κ3) is 1.83. The maximum absolute atomic E-state index is 11.4. The minimum Gasteiger partial charge on any atom is -0.445 e. The Balaban J connectivity index is 2.39. The molecular weight excluding hydrogens is 226 g/mol. The number of nitrogens with zero attached hydrogens (tertiary/aromatic N) is 1. The molecular formula is C15H23NO2. The summed E-state index contributed by atoms with van der Waals surface area (Å²) in [7, 11) is 2.16. The van der Waals surface area contributed by atoms with Gasteiger partial charge in [-0.1, -0.05) is 12.8 Å². The fraction of sp³-hybridized carbons (Fsp3) is 0.800. The van der Waals surface area contributed by atoms with Crippen LogP contribution in [-0.2, 0) is 9.53 Å². The van der Waals surface area contributed by atoms with E-state index in [0.717, 1.165) is 38.6 Å². The van der Waals surface area contributed by atoms with Crippen molar-refractivity contribution in [1.82, 2.24) is 4.90 Å². The zero-order chi connectivity index (χ0) is 13.4. The molecule has 1 aliphatic carbocycles. The fourth-order valence-corrected chi connectivity index (χ4v) is 4.02. The molecule has 0 bridgehead atoms. The Morgan fingerprint density at radius 3 is 2.78 bits per heavy atom. The van der Waals surface area contributed by atoms with Gasteiger partial charge in [0.05, 0.1) is 0 Å². The van der Waals surface area contributed by atoms with Crippen molar-refractivity contribution >= 4 is 5.97 Å². The minimum absolute atomic E-state index is 0.112. The van der Waals surface area contributed by atoms with Gasteiger partial charge in [0.25, 0.3) is 0 Å². The van der Waals surface area contributed by atoms with Gasteiger partial charge >= 0.3 is 5.97 Å². The number of hydrogen-bond donors (Lipinski definition) is 0.